The number of fused-ring (bicyclic) bond motifs is 1. The molecule has 2 aromatic heterocycles. The van der Waals surface area contributed by atoms with Crippen LogP contribution in [0.5, 0.6) is 5.75 Å². The average Bonchev–Trinajstić information content (AvgIpc) is 2.85. The molecule has 0 unspecified atom stereocenters. The van der Waals surface area contributed by atoms with Crippen LogP contribution in [-0.4, -0.2) is 15.3 Å². The number of unbranched alkanes of at least 4 members (excludes halogenated alkanes) is 1. The Morgan fingerprint density at radius 3 is 2.61 bits per heavy atom. The molecule has 4 heteroatoms. The fourth-order valence-electron chi connectivity index (χ4n) is 2.80. The smallest absolute Gasteiger partial charge is 0.210 e. The van der Waals surface area contributed by atoms with Crippen molar-refractivity contribution in [2.75, 3.05) is 0 Å². The summed E-state index contributed by atoms with van der Waals surface area (Å²) in [7, 11) is 0. The molecule has 0 aliphatic rings. The van der Waals surface area contributed by atoms with E-state index in [4.69, 9.17) is 11.6 Å². The summed E-state index contributed by atoms with van der Waals surface area (Å²) in [6.07, 6.45) is 4.66. The molecule has 3 aromatic rings. The van der Waals surface area contributed by atoms with Gasteiger partial charge >= 0.3 is 0 Å². The third kappa shape index (κ3) is 2.84. The molecule has 2 heterocycles. The first-order valence-corrected chi connectivity index (χ1v) is 8.12. The summed E-state index contributed by atoms with van der Waals surface area (Å²) in [4.78, 5) is 13.0. The maximum Gasteiger partial charge on any atom is 0.210 e. The molecule has 0 aliphatic heterocycles. The Labute approximate surface area is 140 Å². The van der Waals surface area contributed by atoms with E-state index >= 15 is 0 Å². The van der Waals surface area contributed by atoms with Gasteiger partial charge in [0, 0.05) is 17.3 Å². The van der Waals surface area contributed by atoms with Crippen LogP contribution < -0.4 is 0 Å². The van der Waals surface area contributed by atoms with Gasteiger partial charge in [0.15, 0.2) is 0 Å². The van der Waals surface area contributed by atoms with Crippen LogP contribution >= 0.6 is 11.6 Å². The monoisotopic (exact) mass is 327 g/mol. The van der Waals surface area contributed by atoms with Crippen molar-refractivity contribution in [1.82, 2.24) is 4.40 Å². The van der Waals surface area contributed by atoms with Gasteiger partial charge in [0.05, 0.1) is 16.2 Å². The summed E-state index contributed by atoms with van der Waals surface area (Å²) in [5.41, 5.74) is 2.91. The third-order valence-corrected chi connectivity index (χ3v) is 4.42. The number of phenols is 1. The van der Waals surface area contributed by atoms with E-state index in [0.717, 1.165) is 30.3 Å². The van der Waals surface area contributed by atoms with Crippen molar-refractivity contribution < 1.29 is 9.90 Å². The second-order valence-corrected chi connectivity index (χ2v) is 5.95. The number of aromatic nitrogens is 1. The zero-order valence-electron chi connectivity index (χ0n) is 12.9. The van der Waals surface area contributed by atoms with Crippen molar-refractivity contribution in [3.63, 3.8) is 0 Å². The molecule has 118 valence electrons. The minimum absolute atomic E-state index is 0.0794. The topological polar surface area (TPSA) is 41.7 Å². The molecule has 0 amide bonds. The first-order valence-electron chi connectivity index (χ1n) is 7.74. The molecule has 0 fully saturated rings. The minimum atomic E-state index is -0.0794. The van der Waals surface area contributed by atoms with Gasteiger partial charge in [-0.3, -0.25) is 4.79 Å². The number of aromatic hydroxyl groups is 1. The lowest BCUT2D eigenvalue weighted by atomic mass is 10.0. The normalized spacial score (nSPS) is 11.0. The molecule has 23 heavy (non-hydrogen) atoms. The zero-order valence-corrected chi connectivity index (χ0v) is 13.7. The minimum Gasteiger partial charge on any atom is -0.508 e. The summed E-state index contributed by atoms with van der Waals surface area (Å²) >= 11 is 6.54. The number of hydrogen-bond acceptors (Lipinski definition) is 2. The molecular formula is C19H18ClNO2. The summed E-state index contributed by atoms with van der Waals surface area (Å²) in [5, 5.41) is 10.1. The zero-order chi connectivity index (χ0) is 16.4. The van der Waals surface area contributed by atoms with E-state index in [1.54, 1.807) is 12.1 Å². The molecular weight excluding hydrogens is 310 g/mol. The molecule has 3 rings (SSSR count). The van der Waals surface area contributed by atoms with E-state index in [1.807, 2.05) is 28.8 Å². The number of hydrogen-bond donors (Lipinski definition) is 1. The number of carbonyl (C=O) groups excluding carboxylic acids is 1. The van der Waals surface area contributed by atoms with Crippen molar-refractivity contribution in [3.8, 4) is 5.75 Å². The maximum atomic E-state index is 13.0. The number of phenolic OH excluding ortho intramolecular Hbond substituents is 1. The number of carbonyl (C=O) groups is 1. The summed E-state index contributed by atoms with van der Waals surface area (Å²) < 4.78 is 1.86. The Morgan fingerprint density at radius 1 is 1.17 bits per heavy atom. The first kappa shape index (κ1) is 15.6. The average molecular weight is 328 g/mol. The van der Waals surface area contributed by atoms with Crippen LogP contribution in [0.25, 0.3) is 5.52 Å². The van der Waals surface area contributed by atoms with Gasteiger partial charge in [-0.1, -0.05) is 31.0 Å². The molecule has 1 aromatic carbocycles. The van der Waals surface area contributed by atoms with Gasteiger partial charge in [0.2, 0.25) is 5.78 Å². The Hall–Kier alpha value is -2.26. The lowest BCUT2D eigenvalue weighted by Crippen LogP contribution is -2.08. The fraction of sp³-hybridized carbons (Fsp3) is 0.211. The summed E-state index contributed by atoms with van der Waals surface area (Å²) in [6, 6.07) is 12.0. The van der Waals surface area contributed by atoms with E-state index in [-0.39, 0.29) is 11.5 Å². The maximum absolute atomic E-state index is 13.0. The number of halogens is 1. The van der Waals surface area contributed by atoms with Gasteiger partial charge in [0.25, 0.3) is 0 Å². The van der Waals surface area contributed by atoms with Gasteiger partial charge in [-0.05, 0) is 49.2 Å². The fourth-order valence-corrected chi connectivity index (χ4v) is 3.14. The Morgan fingerprint density at radius 2 is 1.91 bits per heavy atom. The molecule has 1 N–H and O–H groups in total. The van der Waals surface area contributed by atoms with Crippen LogP contribution in [0.15, 0.2) is 48.7 Å². The second-order valence-electron chi connectivity index (χ2n) is 5.58. The number of rotatable bonds is 5. The molecule has 0 saturated heterocycles. The number of nitrogens with zero attached hydrogens (tertiary/aromatic N) is 1. The van der Waals surface area contributed by atoms with E-state index < -0.39 is 0 Å². The predicted octanol–water partition coefficient (Wildman–Crippen LogP) is 4.87. The van der Waals surface area contributed by atoms with Crippen molar-refractivity contribution >= 4 is 22.9 Å². The summed E-state index contributed by atoms with van der Waals surface area (Å²) in [5.74, 6) is 0.0648. The van der Waals surface area contributed by atoms with E-state index in [0.29, 0.717) is 16.3 Å². The van der Waals surface area contributed by atoms with Gasteiger partial charge < -0.3 is 9.51 Å². The quantitative estimate of drug-likeness (QED) is 0.679. The van der Waals surface area contributed by atoms with Crippen molar-refractivity contribution in [3.05, 3.63) is 70.5 Å². The Bertz CT molecular complexity index is 850. The number of pyridine rings is 1. The van der Waals surface area contributed by atoms with Crippen molar-refractivity contribution in [2.45, 2.75) is 26.2 Å². The standard InChI is InChI=1S/C19H18ClNO2/c1-2-3-6-15-17(20)16-7-4-5-12-21(16)18(15)19(23)13-8-10-14(22)11-9-13/h4-5,7-12,22H,2-3,6H2,1H3. The predicted molar refractivity (Wildman–Crippen MR) is 92.6 cm³/mol. The Kier molecular flexibility index (Phi) is 4.39. The molecule has 0 spiro atoms. The van der Waals surface area contributed by atoms with Gasteiger partial charge in [-0.25, -0.2) is 0 Å². The van der Waals surface area contributed by atoms with E-state index in [9.17, 15) is 9.90 Å². The van der Waals surface area contributed by atoms with Crippen LogP contribution in [0.3, 0.4) is 0 Å². The number of ketones is 1. The highest BCUT2D eigenvalue weighted by molar-refractivity contribution is 6.35. The molecule has 3 nitrogen and oxygen atoms in total. The van der Waals surface area contributed by atoms with Crippen LogP contribution in [0.1, 0.15) is 41.4 Å². The Balaban J connectivity index is 2.18. The van der Waals surface area contributed by atoms with Crippen LogP contribution in [0.2, 0.25) is 5.02 Å². The van der Waals surface area contributed by atoms with Crippen LogP contribution in [-0.2, 0) is 6.42 Å². The summed E-state index contributed by atoms with van der Waals surface area (Å²) in [6.45, 7) is 2.12. The van der Waals surface area contributed by atoms with Crippen molar-refractivity contribution in [1.29, 1.82) is 0 Å². The highest BCUT2D eigenvalue weighted by atomic mass is 35.5. The van der Waals surface area contributed by atoms with Gasteiger partial charge in [-0.15, -0.1) is 0 Å². The number of benzene rings is 1. The largest absolute Gasteiger partial charge is 0.508 e. The second kappa shape index (κ2) is 6.47. The van der Waals surface area contributed by atoms with Crippen molar-refractivity contribution in [2.24, 2.45) is 0 Å². The molecule has 0 aliphatic carbocycles. The third-order valence-electron chi connectivity index (χ3n) is 4.00. The highest BCUT2D eigenvalue weighted by Crippen LogP contribution is 2.31. The van der Waals surface area contributed by atoms with E-state index in [1.165, 1.54) is 12.1 Å². The molecule has 0 bridgehead atoms. The SMILES string of the molecule is CCCCc1c(Cl)c2ccccn2c1C(=O)c1ccc(O)cc1. The molecule has 0 saturated carbocycles. The van der Waals surface area contributed by atoms with Gasteiger partial charge in [-0.2, -0.15) is 0 Å². The van der Waals surface area contributed by atoms with Crippen LogP contribution in [0, 0.1) is 0 Å². The first-order chi connectivity index (χ1) is 11.1. The molecule has 0 atom stereocenters. The molecule has 0 radical (unpaired) electrons. The lowest BCUT2D eigenvalue weighted by molar-refractivity contribution is 0.103. The van der Waals surface area contributed by atoms with Gasteiger partial charge in [0.1, 0.15) is 5.75 Å². The highest BCUT2D eigenvalue weighted by Gasteiger charge is 2.22. The van der Waals surface area contributed by atoms with Crippen LogP contribution in [0.4, 0.5) is 0 Å². The van der Waals surface area contributed by atoms with E-state index in [2.05, 4.69) is 6.92 Å². The lowest BCUT2D eigenvalue weighted by Gasteiger charge is -2.06.